The highest BCUT2D eigenvalue weighted by atomic mass is 16.5. The van der Waals surface area contributed by atoms with Crippen LogP contribution < -0.4 is 10.6 Å². The number of likely N-dealkylation sites (N-methyl/N-ethyl adjacent to an activating group) is 7. The van der Waals surface area contributed by atoms with Gasteiger partial charge in [0, 0.05) is 100 Å². The number of esters is 1. The first-order valence-electron chi connectivity index (χ1n) is 36.9. The average molecular weight is 1420 g/mol. The van der Waals surface area contributed by atoms with Crippen molar-refractivity contribution < 1.29 is 76.9 Å². The van der Waals surface area contributed by atoms with Gasteiger partial charge in [-0.15, -0.1) is 0 Å². The minimum Gasteiger partial charge on any atom is -0.466 e. The average Bonchev–Trinajstić information content (AvgIpc) is 0.822. The molecule has 0 unspecified atom stereocenters. The van der Waals surface area contributed by atoms with Crippen LogP contribution in [0, 0.1) is 47.3 Å². The summed E-state index contributed by atoms with van der Waals surface area (Å²) in [4.78, 5) is 188. The minimum absolute atomic E-state index is 0.0276. The van der Waals surface area contributed by atoms with Crippen LogP contribution >= 0.6 is 0 Å². The Morgan fingerprint density at radius 1 is 0.530 bits per heavy atom. The van der Waals surface area contributed by atoms with E-state index in [4.69, 9.17) is 14.2 Å². The van der Waals surface area contributed by atoms with E-state index in [2.05, 4.69) is 15.5 Å². The van der Waals surface area contributed by atoms with Crippen molar-refractivity contribution in [3.63, 3.8) is 0 Å². The fourth-order valence-corrected chi connectivity index (χ4v) is 13.5. The van der Waals surface area contributed by atoms with Gasteiger partial charge in [0.05, 0.1) is 38.1 Å². The molecule has 0 aromatic rings. The summed E-state index contributed by atoms with van der Waals surface area (Å²) in [7, 11) is 10.0. The SMILES string of the molecule is CCOC(=O)CCCC[C@@H](C)[C@@H](O)[C@H]1C(=O)N[C@@H](CC)C(=O)N(C)[C@H](C)C(=O)N(C)[C@@H]([C@@H](C)OCCCCN2CCOCC2)C(=O)C[C@@H](C(C)C)C(=O)N(C)[C@@H](CC(C)C)C(=O)C[C@@H](C)C(=O)N[C@H](C)C(=O)N(C)[C@@H](CC(C)C)C(=O)N(C)[C@@H](CC(C)C)C(=O)N(C)[C@@H](C(C)C)C(=O)N1C. The number of hydrogen-bond donors (Lipinski definition) is 3. The first kappa shape index (κ1) is 90.0. The number of ketones is 2. The third-order valence-electron chi connectivity index (χ3n) is 20.1. The number of ether oxygens (including phenoxy) is 3. The molecule has 9 amide bonds. The monoisotopic (exact) mass is 1420 g/mol. The molecule has 0 radical (unpaired) electrons. The van der Waals surface area contributed by atoms with E-state index in [1.54, 1.807) is 62.3 Å². The number of carbonyl (C=O) groups is 12. The van der Waals surface area contributed by atoms with E-state index in [0.717, 1.165) is 35.9 Å². The van der Waals surface area contributed by atoms with Crippen LogP contribution in [0.2, 0.25) is 0 Å². The Labute approximate surface area is 599 Å². The maximum Gasteiger partial charge on any atom is 0.305 e. The summed E-state index contributed by atoms with van der Waals surface area (Å²) in [5.41, 5.74) is 0. The van der Waals surface area contributed by atoms with E-state index in [0.29, 0.717) is 38.9 Å². The number of nitrogens with zero attached hydrogens (tertiary/aromatic N) is 8. The lowest BCUT2D eigenvalue weighted by Gasteiger charge is -2.41. The second kappa shape index (κ2) is 43.1. The Morgan fingerprint density at radius 3 is 1.56 bits per heavy atom. The number of morpholine rings is 1. The van der Waals surface area contributed by atoms with Gasteiger partial charge in [0.25, 0.3) is 0 Å². The van der Waals surface area contributed by atoms with Crippen molar-refractivity contribution >= 4 is 70.7 Å². The van der Waals surface area contributed by atoms with E-state index in [1.165, 1.54) is 87.7 Å². The van der Waals surface area contributed by atoms with Gasteiger partial charge in [0.15, 0.2) is 11.6 Å². The molecule has 26 nitrogen and oxygen atoms in total. The number of aliphatic hydroxyl groups excluding tert-OH is 1. The second-order valence-electron chi connectivity index (χ2n) is 30.4. The highest BCUT2D eigenvalue weighted by Crippen LogP contribution is 2.29. The molecule has 2 aliphatic rings. The van der Waals surface area contributed by atoms with Crippen molar-refractivity contribution in [3.05, 3.63) is 0 Å². The summed E-state index contributed by atoms with van der Waals surface area (Å²) in [5, 5.41) is 18.0. The normalized spacial score (nSPS) is 26.8. The maximum absolute atomic E-state index is 15.4. The number of carbonyl (C=O) groups excluding carboxylic acids is 12. The summed E-state index contributed by atoms with van der Waals surface area (Å²) in [6, 6.07) is -11.5. The van der Waals surface area contributed by atoms with Gasteiger partial charge in [0.2, 0.25) is 53.2 Å². The topological polar surface area (TPSA) is 303 Å². The Bertz CT molecular complexity index is 2690. The number of unbranched alkanes of at least 4 members (excludes halogenated alkanes) is 2. The van der Waals surface area contributed by atoms with Crippen LogP contribution in [0.4, 0.5) is 0 Å². The minimum atomic E-state index is -1.69. The molecule has 3 N–H and O–H groups in total. The van der Waals surface area contributed by atoms with Crippen molar-refractivity contribution in [2.24, 2.45) is 47.3 Å². The van der Waals surface area contributed by atoms with Gasteiger partial charge in [-0.3, -0.25) is 62.4 Å². The zero-order chi connectivity index (χ0) is 76.5. The second-order valence-corrected chi connectivity index (χ2v) is 30.4. The van der Waals surface area contributed by atoms with Crippen LogP contribution in [-0.2, 0) is 71.7 Å². The molecular weight excluding hydrogens is 1280 g/mol. The van der Waals surface area contributed by atoms with Crippen molar-refractivity contribution in [2.75, 3.05) is 95.4 Å². The summed E-state index contributed by atoms with van der Waals surface area (Å²) < 4.78 is 17.0. The molecule has 2 fully saturated rings. The van der Waals surface area contributed by atoms with Gasteiger partial charge in [-0.25, -0.2) is 0 Å². The lowest BCUT2D eigenvalue weighted by atomic mass is 9.85. The Balaban J connectivity index is 3.03. The molecule has 2 saturated heterocycles. The molecule has 2 rings (SSSR count). The van der Waals surface area contributed by atoms with Crippen molar-refractivity contribution in [1.82, 2.24) is 49.8 Å². The van der Waals surface area contributed by atoms with Gasteiger partial charge >= 0.3 is 5.97 Å². The van der Waals surface area contributed by atoms with Crippen LogP contribution in [-0.4, -0.2) is 277 Å². The fourth-order valence-electron chi connectivity index (χ4n) is 13.5. The molecule has 0 saturated carbocycles. The predicted molar refractivity (Wildman–Crippen MR) is 384 cm³/mol. The van der Waals surface area contributed by atoms with Crippen LogP contribution in [0.25, 0.3) is 0 Å². The molecule has 14 atom stereocenters. The number of rotatable bonds is 24. The molecule has 0 bridgehead atoms. The molecule has 0 spiro atoms. The van der Waals surface area contributed by atoms with E-state index in [9.17, 15) is 29.1 Å². The zero-order valence-electron chi connectivity index (χ0n) is 65.6. The molecule has 0 aromatic carbocycles. The fraction of sp³-hybridized carbons (Fsp3) is 0.838. The Kier molecular flexibility index (Phi) is 38.8. The number of amides is 9. The van der Waals surface area contributed by atoms with Gasteiger partial charge in [0.1, 0.15) is 48.3 Å². The highest BCUT2D eigenvalue weighted by molar-refractivity contribution is 6.00. The van der Waals surface area contributed by atoms with Gasteiger partial charge in [-0.2, -0.15) is 0 Å². The summed E-state index contributed by atoms with van der Waals surface area (Å²) in [5.74, 6) is -11.6. The van der Waals surface area contributed by atoms with E-state index < -0.39 is 161 Å². The Hall–Kier alpha value is -6.12. The molecule has 2 aliphatic heterocycles. The lowest BCUT2D eigenvalue weighted by Crippen LogP contribution is -2.64. The molecule has 100 heavy (non-hydrogen) atoms. The summed E-state index contributed by atoms with van der Waals surface area (Å²) in [6.07, 6.45) is -0.111. The lowest BCUT2D eigenvalue weighted by molar-refractivity contribution is -0.157. The smallest absolute Gasteiger partial charge is 0.305 e. The van der Waals surface area contributed by atoms with Crippen molar-refractivity contribution in [2.45, 2.75) is 261 Å². The van der Waals surface area contributed by atoms with E-state index in [1.807, 2.05) is 41.5 Å². The highest BCUT2D eigenvalue weighted by Gasteiger charge is 2.47. The first-order chi connectivity index (χ1) is 46.6. The summed E-state index contributed by atoms with van der Waals surface area (Å²) in [6.45, 7) is 33.7. The van der Waals surface area contributed by atoms with Crippen molar-refractivity contribution in [1.29, 1.82) is 0 Å². The van der Waals surface area contributed by atoms with Crippen LogP contribution in [0.15, 0.2) is 0 Å². The number of aliphatic hydroxyl groups is 1. The Morgan fingerprint density at radius 2 is 1.04 bits per heavy atom. The van der Waals surface area contributed by atoms with Crippen LogP contribution in [0.1, 0.15) is 195 Å². The van der Waals surface area contributed by atoms with Crippen LogP contribution in [0.5, 0.6) is 0 Å². The molecule has 0 aromatic heterocycles. The quantitative estimate of drug-likeness (QED) is 0.0797. The van der Waals surface area contributed by atoms with Crippen LogP contribution in [0.3, 0.4) is 0 Å². The van der Waals surface area contributed by atoms with Gasteiger partial charge < -0.3 is 64.3 Å². The molecule has 574 valence electrons. The van der Waals surface area contributed by atoms with E-state index in [-0.39, 0.29) is 81.9 Å². The van der Waals surface area contributed by atoms with Crippen molar-refractivity contribution in [3.8, 4) is 0 Å². The molecule has 0 aliphatic carbocycles. The standard InChI is InChI=1S/C74H132N10O16/c1-25-55-71(94)77(18)52(16)69(92)82(23)63(53(17)100-36-30-29-33-84-34-37-98-38-35-84)60(86)43-54(47(9)10)70(93)78(19)56(39-44(3)4)59(85)42-50(14)66(89)75-51(15)68(91)79(20)57(40-45(5)6)72(95)80(21)58(41-46(7)8)73(96)81(22)62(48(11)12)74(97)83(24)64(67(90)76-55)65(88)49(13)31-27-28-32-61(87)99-26-2/h44-58,62-65,88H,25-43H2,1-24H3,(H,75,89)(H,76,90)/t49-,50-,51-,52-,53-,54+,55+,56+,57+,58+,62+,63+,64+,65-/m1/s1. The van der Waals surface area contributed by atoms with Gasteiger partial charge in [-0.05, 0) is 121 Å². The molecule has 2 heterocycles. The third kappa shape index (κ3) is 26.3. The number of nitrogens with one attached hydrogen (secondary N) is 2. The summed E-state index contributed by atoms with van der Waals surface area (Å²) >= 11 is 0. The molecular formula is C74H132N10O16. The maximum atomic E-state index is 15.4. The zero-order valence-corrected chi connectivity index (χ0v) is 65.6. The van der Waals surface area contributed by atoms with Gasteiger partial charge in [-0.1, -0.05) is 96.4 Å². The number of hydrogen-bond acceptors (Lipinski definition) is 17. The number of Topliss-reactive ketones (excluding diaryl/α,β-unsaturated/α-hetero) is 2. The molecule has 26 heteroatoms. The van der Waals surface area contributed by atoms with E-state index >= 15 is 33.6 Å². The third-order valence-corrected chi connectivity index (χ3v) is 20.1. The largest absolute Gasteiger partial charge is 0.466 e. The first-order valence-corrected chi connectivity index (χ1v) is 36.9. The predicted octanol–water partition coefficient (Wildman–Crippen LogP) is 5.47.